The Balaban J connectivity index is 0.00000144. The third-order valence-corrected chi connectivity index (χ3v) is 3.02. The van der Waals surface area contributed by atoms with Crippen LogP contribution < -0.4 is 10.6 Å². The van der Waals surface area contributed by atoms with Crippen molar-refractivity contribution in [3.63, 3.8) is 0 Å². The van der Waals surface area contributed by atoms with Crippen LogP contribution in [0.2, 0.25) is 5.02 Å². The molecule has 0 radical (unpaired) electrons. The molecular formula is C12H16Cl2N2O. The van der Waals surface area contributed by atoms with Gasteiger partial charge in [0.05, 0.1) is 0 Å². The number of anilines is 1. The van der Waals surface area contributed by atoms with E-state index < -0.39 is 0 Å². The second-order valence-electron chi connectivity index (χ2n) is 4.12. The summed E-state index contributed by atoms with van der Waals surface area (Å²) in [5.74, 6) is 0.559. The SMILES string of the molecule is Cl.O=C(CC1CCNC1)Nc1ccc(Cl)cc1. The third kappa shape index (κ3) is 4.54. The van der Waals surface area contributed by atoms with E-state index in [1.807, 2.05) is 12.1 Å². The number of carbonyl (C=O) groups excluding carboxylic acids is 1. The Morgan fingerprint density at radius 2 is 2.12 bits per heavy atom. The van der Waals surface area contributed by atoms with Crippen molar-refractivity contribution in [2.75, 3.05) is 18.4 Å². The van der Waals surface area contributed by atoms with Crippen LogP contribution in [-0.2, 0) is 4.79 Å². The second-order valence-corrected chi connectivity index (χ2v) is 4.55. The molecule has 17 heavy (non-hydrogen) atoms. The Morgan fingerprint density at radius 3 is 2.71 bits per heavy atom. The van der Waals surface area contributed by atoms with E-state index in [-0.39, 0.29) is 18.3 Å². The highest BCUT2D eigenvalue weighted by atomic mass is 35.5. The lowest BCUT2D eigenvalue weighted by atomic mass is 10.0. The highest BCUT2D eigenvalue weighted by Gasteiger charge is 2.17. The van der Waals surface area contributed by atoms with Gasteiger partial charge in [-0.2, -0.15) is 0 Å². The quantitative estimate of drug-likeness (QED) is 0.890. The normalized spacial score (nSPS) is 18.5. The van der Waals surface area contributed by atoms with E-state index in [0.717, 1.165) is 25.2 Å². The van der Waals surface area contributed by atoms with Crippen LogP contribution in [0.15, 0.2) is 24.3 Å². The minimum Gasteiger partial charge on any atom is -0.326 e. The highest BCUT2D eigenvalue weighted by Crippen LogP contribution is 2.16. The Labute approximate surface area is 112 Å². The number of hydrogen-bond donors (Lipinski definition) is 2. The van der Waals surface area contributed by atoms with E-state index in [1.165, 1.54) is 0 Å². The van der Waals surface area contributed by atoms with Crippen molar-refractivity contribution in [2.45, 2.75) is 12.8 Å². The fourth-order valence-electron chi connectivity index (χ4n) is 1.90. The van der Waals surface area contributed by atoms with Crippen molar-refractivity contribution in [3.8, 4) is 0 Å². The molecule has 1 unspecified atom stereocenters. The molecule has 3 nitrogen and oxygen atoms in total. The van der Waals surface area contributed by atoms with E-state index in [0.29, 0.717) is 17.4 Å². The monoisotopic (exact) mass is 274 g/mol. The fourth-order valence-corrected chi connectivity index (χ4v) is 2.02. The fraction of sp³-hybridized carbons (Fsp3) is 0.417. The van der Waals surface area contributed by atoms with Gasteiger partial charge >= 0.3 is 0 Å². The smallest absolute Gasteiger partial charge is 0.224 e. The first-order valence-electron chi connectivity index (χ1n) is 5.50. The van der Waals surface area contributed by atoms with Gasteiger partial charge in [-0.25, -0.2) is 0 Å². The van der Waals surface area contributed by atoms with E-state index in [4.69, 9.17) is 11.6 Å². The van der Waals surface area contributed by atoms with Crippen LogP contribution in [0.1, 0.15) is 12.8 Å². The van der Waals surface area contributed by atoms with Crippen LogP contribution in [0, 0.1) is 5.92 Å². The van der Waals surface area contributed by atoms with E-state index in [2.05, 4.69) is 10.6 Å². The molecule has 1 fully saturated rings. The molecule has 1 aromatic rings. The molecule has 2 rings (SSSR count). The number of halogens is 2. The predicted molar refractivity (Wildman–Crippen MR) is 72.9 cm³/mol. The van der Waals surface area contributed by atoms with Gasteiger partial charge < -0.3 is 10.6 Å². The minimum atomic E-state index is 0. The molecule has 0 saturated carbocycles. The van der Waals surface area contributed by atoms with Crippen LogP contribution >= 0.6 is 24.0 Å². The minimum absolute atomic E-state index is 0. The molecule has 0 aromatic heterocycles. The summed E-state index contributed by atoms with van der Waals surface area (Å²) >= 11 is 5.76. The zero-order chi connectivity index (χ0) is 11.4. The van der Waals surface area contributed by atoms with Crippen molar-refractivity contribution >= 4 is 35.6 Å². The summed E-state index contributed by atoms with van der Waals surface area (Å²) < 4.78 is 0. The van der Waals surface area contributed by atoms with Crippen molar-refractivity contribution < 1.29 is 4.79 Å². The van der Waals surface area contributed by atoms with E-state index in [1.54, 1.807) is 12.1 Å². The molecule has 2 N–H and O–H groups in total. The number of rotatable bonds is 3. The van der Waals surface area contributed by atoms with Crippen molar-refractivity contribution in [1.29, 1.82) is 0 Å². The van der Waals surface area contributed by atoms with Gasteiger partial charge in [-0.1, -0.05) is 11.6 Å². The maximum absolute atomic E-state index is 11.7. The Bertz CT molecular complexity index is 361. The van der Waals surface area contributed by atoms with Gasteiger partial charge in [0.2, 0.25) is 5.91 Å². The molecule has 94 valence electrons. The lowest BCUT2D eigenvalue weighted by molar-refractivity contribution is -0.116. The maximum atomic E-state index is 11.7. The maximum Gasteiger partial charge on any atom is 0.224 e. The second kappa shape index (κ2) is 6.84. The Kier molecular flexibility index (Phi) is 5.75. The van der Waals surface area contributed by atoms with Crippen molar-refractivity contribution in [3.05, 3.63) is 29.3 Å². The summed E-state index contributed by atoms with van der Waals surface area (Å²) in [6.45, 7) is 1.98. The van der Waals surface area contributed by atoms with Gasteiger partial charge in [0.15, 0.2) is 0 Å². The number of nitrogens with one attached hydrogen (secondary N) is 2. The molecule has 1 saturated heterocycles. The van der Waals surface area contributed by atoms with Gasteiger partial charge in [0, 0.05) is 17.1 Å². The van der Waals surface area contributed by atoms with E-state index >= 15 is 0 Å². The first-order valence-corrected chi connectivity index (χ1v) is 5.88. The summed E-state index contributed by atoms with van der Waals surface area (Å²) in [4.78, 5) is 11.7. The molecule has 1 atom stereocenters. The summed E-state index contributed by atoms with van der Waals surface area (Å²) in [6, 6.07) is 7.17. The number of hydrogen-bond acceptors (Lipinski definition) is 2. The van der Waals surface area contributed by atoms with Crippen molar-refractivity contribution in [1.82, 2.24) is 5.32 Å². The standard InChI is InChI=1S/C12H15ClN2O.ClH/c13-10-1-3-11(4-2-10)15-12(16)7-9-5-6-14-8-9;/h1-4,9,14H,5-8H2,(H,15,16);1H. The predicted octanol–water partition coefficient (Wildman–Crippen LogP) is 2.70. The zero-order valence-corrected chi connectivity index (χ0v) is 11.0. The molecule has 1 aliphatic heterocycles. The zero-order valence-electron chi connectivity index (χ0n) is 9.41. The van der Waals surface area contributed by atoms with Crippen LogP contribution in [0.4, 0.5) is 5.69 Å². The Hall–Kier alpha value is -0.770. The van der Waals surface area contributed by atoms with Crippen LogP contribution in [0.3, 0.4) is 0 Å². The molecule has 1 heterocycles. The van der Waals surface area contributed by atoms with Gasteiger partial charge in [0.1, 0.15) is 0 Å². The molecule has 1 aromatic carbocycles. The Morgan fingerprint density at radius 1 is 1.41 bits per heavy atom. The topological polar surface area (TPSA) is 41.1 Å². The molecule has 1 aliphatic rings. The average molecular weight is 275 g/mol. The molecule has 5 heteroatoms. The largest absolute Gasteiger partial charge is 0.326 e. The molecule has 0 aliphatic carbocycles. The van der Waals surface area contributed by atoms with Crippen LogP contribution in [-0.4, -0.2) is 19.0 Å². The van der Waals surface area contributed by atoms with Crippen LogP contribution in [0.5, 0.6) is 0 Å². The molecule has 0 bridgehead atoms. The molecular weight excluding hydrogens is 259 g/mol. The van der Waals surface area contributed by atoms with Gasteiger partial charge in [0.25, 0.3) is 0 Å². The third-order valence-electron chi connectivity index (χ3n) is 2.76. The van der Waals surface area contributed by atoms with Crippen LogP contribution in [0.25, 0.3) is 0 Å². The average Bonchev–Trinajstić information content (AvgIpc) is 2.74. The number of benzene rings is 1. The summed E-state index contributed by atoms with van der Waals surface area (Å²) in [7, 11) is 0. The lowest BCUT2D eigenvalue weighted by Crippen LogP contribution is -2.18. The lowest BCUT2D eigenvalue weighted by Gasteiger charge is -2.09. The number of amides is 1. The van der Waals surface area contributed by atoms with Crippen molar-refractivity contribution in [2.24, 2.45) is 5.92 Å². The van der Waals surface area contributed by atoms with Gasteiger partial charge in [-0.15, -0.1) is 12.4 Å². The van der Waals surface area contributed by atoms with Gasteiger partial charge in [-0.3, -0.25) is 4.79 Å². The molecule has 1 amide bonds. The van der Waals surface area contributed by atoms with Gasteiger partial charge in [-0.05, 0) is 49.7 Å². The highest BCUT2D eigenvalue weighted by molar-refractivity contribution is 6.30. The first kappa shape index (κ1) is 14.3. The molecule has 0 spiro atoms. The van der Waals surface area contributed by atoms with E-state index in [9.17, 15) is 4.79 Å². The summed E-state index contributed by atoms with van der Waals surface area (Å²) in [5, 5.41) is 6.80. The summed E-state index contributed by atoms with van der Waals surface area (Å²) in [5.41, 5.74) is 0.806. The number of carbonyl (C=O) groups is 1. The first-order chi connectivity index (χ1) is 7.74. The summed E-state index contributed by atoms with van der Waals surface area (Å²) in [6.07, 6.45) is 1.68.